The van der Waals surface area contributed by atoms with Crippen molar-refractivity contribution < 1.29 is 17.9 Å². The highest BCUT2D eigenvalue weighted by molar-refractivity contribution is 7.92. The molecule has 0 saturated heterocycles. The summed E-state index contributed by atoms with van der Waals surface area (Å²) >= 11 is 1.22. The average Bonchev–Trinajstić information content (AvgIpc) is 3.17. The number of amides is 1. The van der Waals surface area contributed by atoms with E-state index >= 15 is 0 Å². The average molecular weight is 444 g/mol. The molecule has 0 spiro atoms. The quantitative estimate of drug-likeness (QED) is 0.626. The molecule has 0 aliphatic carbocycles. The number of anilines is 2. The van der Waals surface area contributed by atoms with E-state index in [0.29, 0.717) is 28.8 Å². The van der Waals surface area contributed by atoms with E-state index in [-0.39, 0.29) is 18.3 Å². The number of nitrogens with zero attached hydrogens (tertiary/aromatic N) is 2. The van der Waals surface area contributed by atoms with E-state index < -0.39 is 10.0 Å². The lowest BCUT2D eigenvalue weighted by atomic mass is 10.1. The molecule has 2 heterocycles. The van der Waals surface area contributed by atoms with Gasteiger partial charge in [-0.1, -0.05) is 24.3 Å². The summed E-state index contributed by atoms with van der Waals surface area (Å²) in [7, 11) is -3.59. The van der Waals surface area contributed by atoms with Crippen LogP contribution in [0.1, 0.15) is 18.1 Å². The zero-order valence-corrected chi connectivity index (χ0v) is 18.2. The molecule has 2 aromatic carbocycles. The van der Waals surface area contributed by atoms with Gasteiger partial charge in [0.05, 0.1) is 17.1 Å². The molecule has 1 aromatic heterocycles. The molecule has 1 N–H and O–H groups in total. The monoisotopic (exact) mass is 443 g/mol. The predicted molar refractivity (Wildman–Crippen MR) is 118 cm³/mol. The first-order valence-electron chi connectivity index (χ1n) is 9.44. The predicted octanol–water partition coefficient (Wildman–Crippen LogP) is 3.81. The highest BCUT2D eigenvalue weighted by Gasteiger charge is 2.25. The lowest BCUT2D eigenvalue weighted by molar-refractivity contribution is -0.121. The SMILES string of the molecule is CCN1C(=O)COc2ccc(-c3csc(NS(=O)(=O)Cc4ccccc4C)n3)cc21. The van der Waals surface area contributed by atoms with E-state index in [1.807, 2.05) is 44.2 Å². The number of aryl methyl sites for hydroxylation is 1. The number of thiazole rings is 1. The number of carbonyl (C=O) groups is 1. The van der Waals surface area contributed by atoms with Crippen LogP contribution in [0, 0.1) is 6.92 Å². The van der Waals surface area contributed by atoms with Crippen LogP contribution in [0.5, 0.6) is 5.75 Å². The van der Waals surface area contributed by atoms with Crippen LogP contribution < -0.4 is 14.4 Å². The number of fused-ring (bicyclic) bond motifs is 1. The van der Waals surface area contributed by atoms with Gasteiger partial charge in [-0.05, 0) is 43.2 Å². The fraction of sp³-hybridized carbons (Fsp3) is 0.238. The van der Waals surface area contributed by atoms with E-state index in [9.17, 15) is 13.2 Å². The van der Waals surface area contributed by atoms with Gasteiger partial charge in [0.25, 0.3) is 5.91 Å². The maximum atomic E-state index is 12.6. The minimum Gasteiger partial charge on any atom is -0.482 e. The Morgan fingerprint density at radius 3 is 2.80 bits per heavy atom. The molecule has 1 aliphatic heterocycles. The van der Waals surface area contributed by atoms with E-state index in [2.05, 4.69) is 9.71 Å². The Hall–Kier alpha value is -2.91. The molecule has 30 heavy (non-hydrogen) atoms. The summed E-state index contributed by atoms with van der Waals surface area (Å²) in [5.41, 5.74) is 3.78. The minimum absolute atomic E-state index is 0.0315. The Bertz CT molecular complexity index is 1200. The van der Waals surface area contributed by atoms with Crippen LogP contribution in [0.25, 0.3) is 11.3 Å². The maximum absolute atomic E-state index is 12.6. The number of hydrogen-bond acceptors (Lipinski definition) is 6. The second kappa shape index (κ2) is 8.08. The van der Waals surface area contributed by atoms with Crippen molar-refractivity contribution in [1.82, 2.24) is 4.98 Å². The smallest absolute Gasteiger partial charge is 0.265 e. The fourth-order valence-corrected chi connectivity index (χ4v) is 5.56. The standard InChI is InChI=1S/C21H21N3O4S2/c1-3-24-18-10-15(8-9-19(18)28-11-20(24)25)17-12-29-21(22-17)23-30(26,27)13-16-7-5-4-6-14(16)2/h4-10,12H,3,11,13H2,1-2H3,(H,22,23). The van der Waals surface area contributed by atoms with Gasteiger partial charge < -0.3 is 9.64 Å². The summed E-state index contributed by atoms with van der Waals surface area (Å²) in [5, 5.41) is 2.09. The Labute approximate surface area is 179 Å². The molecule has 0 atom stereocenters. The van der Waals surface area contributed by atoms with Crippen molar-refractivity contribution in [3.05, 3.63) is 59.0 Å². The van der Waals surface area contributed by atoms with Crippen molar-refractivity contribution in [3.63, 3.8) is 0 Å². The molecule has 156 valence electrons. The molecule has 9 heteroatoms. The second-order valence-electron chi connectivity index (χ2n) is 6.93. The highest BCUT2D eigenvalue weighted by atomic mass is 32.2. The fourth-order valence-electron chi connectivity index (χ4n) is 3.31. The third-order valence-electron chi connectivity index (χ3n) is 4.87. The number of aromatic nitrogens is 1. The summed E-state index contributed by atoms with van der Waals surface area (Å²) < 4.78 is 33.2. The zero-order chi connectivity index (χ0) is 21.3. The molecule has 4 rings (SSSR count). The third-order valence-corrected chi connectivity index (χ3v) is 6.95. The first-order valence-corrected chi connectivity index (χ1v) is 12.0. The Morgan fingerprint density at radius 2 is 2.03 bits per heavy atom. The van der Waals surface area contributed by atoms with Gasteiger partial charge in [-0.3, -0.25) is 9.52 Å². The molecule has 0 unspecified atom stereocenters. The largest absolute Gasteiger partial charge is 0.482 e. The normalized spacial score (nSPS) is 13.7. The molecule has 0 bridgehead atoms. The van der Waals surface area contributed by atoms with E-state index in [4.69, 9.17) is 4.74 Å². The number of ether oxygens (including phenoxy) is 1. The molecule has 0 radical (unpaired) electrons. The van der Waals surface area contributed by atoms with Crippen LogP contribution >= 0.6 is 11.3 Å². The minimum atomic E-state index is -3.59. The molecule has 0 saturated carbocycles. The van der Waals surface area contributed by atoms with Crippen molar-refractivity contribution in [3.8, 4) is 17.0 Å². The second-order valence-corrected chi connectivity index (χ2v) is 9.52. The molecule has 3 aromatic rings. The summed E-state index contributed by atoms with van der Waals surface area (Å²) in [6, 6.07) is 12.9. The third kappa shape index (κ3) is 4.17. The van der Waals surface area contributed by atoms with Crippen LogP contribution in [0.2, 0.25) is 0 Å². The van der Waals surface area contributed by atoms with Crippen molar-refractivity contribution in [2.45, 2.75) is 19.6 Å². The molecular weight excluding hydrogens is 422 g/mol. The molecule has 1 aliphatic rings. The number of sulfonamides is 1. The van der Waals surface area contributed by atoms with Crippen LogP contribution in [-0.2, 0) is 20.6 Å². The number of hydrogen-bond donors (Lipinski definition) is 1. The van der Waals surface area contributed by atoms with Gasteiger partial charge in [0, 0.05) is 17.5 Å². The van der Waals surface area contributed by atoms with Crippen molar-refractivity contribution in [2.75, 3.05) is 22.8 Å². The number of likely N-dealkylation sites (N-methyl/N-ethyl adjacent to an activating group) is 1. The van der Waals surface area contributed by atoms with Crippen LogP contribution in [-0.4, -0.2) is 32.5 Å². The number of carbonyl (C=O) groups excluding carboxylic acids is 1. The molecule has 1 amide bonds. The van der Waals surface area contributed by atoms with Crippen molar-refractivity contribution in [1.29, 1.82) is 0 Å². The molecule has 0 fully saturated rings. The van der Waals surface area contributed by atoms with Crippen LogP contribution in [0.15, 0.2) is 47.8 Å². The summed E-state index contributed by atoms with van der Waals surface area (Å²) in [6.07, 6.45) is 0. The van der Waals surface area contributed by atoms with E-state index in [1.54, 1.807) is 22.4 Å². The van der Waals surface area contributed by atoms with Gasteiger partial charge >= 0.3 is 0 Å². The summed E-state index contributed by atoms with van der Waals surface area (Å²) in [5.74, 6) is 0.442. The Morgan fingerprint density at radius 1 is 1.23 bits per heavy atom. The van der Waals surface area contributed by atoms with Gasteiger partial charge in [0.2, 0.25) is 10.0 Å². The van der Waals surface area contributed by atoms with E-state index in [1.165, 1.54) is 11.3 Å². The maximum Gasteiger partial charge on any atom is 0.265 e. The first-order chi connectivity index (χ1) is 14.4. The van der Waals surface area contributed by atoms with Gasteiger partial charge in [0.15, 0.2) is 11.7 Å². The van der Waals surface area contributed by atoms with Crippen molar-refractivity contribution in [2.24, 2.45) is 0 Å². The van der Waals surface area contributed by atoms with Gasteiger partial charge in [-0.15, -0.1) is 11.3 Å². The summed E-state index contributed by atoms with van der Waals surface area (Å²) in [6.45, 7) is 4.36. The van der Waals surface area contributed by atoms with Gasteiger partial charge in [-0.2, -0.15) is 0 Å². The number of rotatable bonds is 6. The lowest BCUT2D eigenvalue weighted by Crippen LogP contribution is -2.38. The van der Waals surface area contributed by atoms with Crippen molar-refractivity contribution >= 4 is 38.1 Å². The lowest BCUT2D eigenvalue weighted by Gasteiger charge is -2.28. The Balaban J connectivity index is 1.55. The number of benzene rings is 2. The summed E-state index contributed by atoms with van der Waals surface area (Å²) in [4.78, 5) is 18.2. The molecule has 7 nitrogen and oxygen atoms in total. The first kappa shape index (κ1) is 20.4. The topological polar surface area (TPSA) is 88.6 Å². The van der Waals surface area contributed by atoms with Crippen LogP contribution in [0.4, 0.5) is 10.8 Å². The highest BCUT2D eigenvalue weighted by Crippen LogP contribution is 2.36. The van der Waals surface area contributed by atoms with Gasteiger partial charge in [0.1, 0.15) is 5.75 Å². The van der Waals surface area contributed by atoms with Gasteiger partial charge in [-0.25, -0.2) is 13.4 Å². The number of nitrogens with one attached hydrogen (secondary N) is 1. The molecular formula is C21H21N3O4S2. The van der Waals surface area contributed by atoms with E-state index in [0.717, 1.165) is 16.7 Å². The van der Waals surface area contributed by atoms with Crippen LogP contribution in [0.3, 0.4) is 0 Å². The zero-order valence-electron chi connectivity index (χ0n) is 16.6. The Kier molecular flexibility index (Phi) is 5.48.